The van der Waals surface area contributed by atoms with E-state index in [1.807, 2.05) is 13.8 Å². The number of alkyl halides is 3. The van der Waals surface area contributed by atoms with E-state index in [9.17, 15) is 27.6 Å². The van der Waals surface area contributed by atoms with Gasteiger partial charge in [0.05, 0.1) is 6.04 Å². The lowest BCUT2D eigenvalue weighted by Gasteiger charge is -2.38. The first-order chi connectivity index (χ1) is 22.3. The van der Waals surface area contributed by atoms with Gasteiger partial charge in [-0.25, -0.2) is 4.79 Å². The Bertz CT molecular complexity index is 1500. The Labute approximate surface area is 279 Å². The Morgan fingerprint density at radius 3 is 2.25 bits per heavy atom. The van der Waals surface area contributed by atoms with Gasteiger partial charge in [0.15, 0.2) is 0 Å². The lowest BCUT2D eigenvalue weighted by molar-refractivity contribution is -0.179. The van der Waals surface area contributed by atoms with E-state index >= 15 is 0 Å². The highest BCUT2D eigenvalue weighted by atomic mass is 19.4. The van der Waals surface area contributed by atoms with Gasteiger partial charge in [0, 0.05) is 37.6 Å². The highest BCUT2D eigenvalue weighted by molar-refractivity contribution is 6.01. The van der Waals surface area contributed by atoms with Crippen LogP contribution in [0, 0.1) is 17.8 Å². The molecule has 14 heteroatoms. The largest absolute Gasteiger partial charge is 0.444 e. The van der Waals surface area contributed by atoms with E-state index < -0.39 is 42.0 Å². The van der Waals surface area contributed by atoms with Crippen molar-refractivity contribution < 1.29 is 32.3 Å². The lowest BCUT2D eigenvalue weighted by Crippen LogP contribution is -2.58. The topological polar surface area (TPSA) is 144 Å². The Hall–Kier alpha value is -3.65. The predicted octanol–water partition coefficient (Wildman–Crippen LogP) is 5.30. The molecule has 3 amide bonds. The monoisotopic (exact) mass is 675 g/mol. The number of amides is 3. The molecule has 2 fully saturated rings. The van der Waals surface area contributed by atoms with Gasteiger partial charge in [0.1, 0.15) is 22.9 Å². The number of benzene rings is 1. The van der Waals surface area contributed by atoms with Gasteiger partial charge in [0.25, 0.3) is 5.91 Å². The molecule has 2 aliphatic carbocycles. The van der Waals surface area contributed by atoms with Crippen LogP contribution in [0.15, 0.2) is 30.5 Å². The molecule has 11 nitrogen and oxygen atoms in total. The molecule has 1 aromatic heterocycles. The Balaban J connectivity index is 1.40. The van der Waals surface area contributed by atoms with Crippen LogP contribution >= 0.6 is 0 Å². The number of ether oxygens (including phenoxy) is 1. The molecule has 3 aliphatic rings. The summed E-state index contributed by atoms with van der Waals surface area (Å²) in [7, 11) is 0. The molecule has 0 spiro atoms. The van der Waals surface area contributed by atoms with Crippen LogP contribution in [0.2, 0.25) is 0 Å². The van der Waals surface area contributed by atoms with Crippen LogP contribution in [0.3, 0.4) is 0 Å². The average Bonchev–Trinajstić information content (AvgIpc) is 3.92. The van der Waals surface area contributed by atoms with Crippen molar-refractivity contribution in [2.75, 3.05) is 18.4 Å². The number of nitrogens with one attached hydrogen (secondary N) is 3. The first-order valence-electron chi connectivity index (χ1n) is 16.7. The molecule has 0 radical (unpaired) electrons. The van der Waals surface area contributed by atoms with E-state index in [4.69, 9.17) is 10.5 Å². The van der Waals surface area contributed by atoms with E-state index in [2.05, 4.69) is 21.0 Å². The number of nitrogens with two attached hydrogens (primary N) is 1. The maximum absolute atomic E-state index is 14.0. The summed E-state index contributed by atoms with van der Waals surface area (Å²) < 4.78 is 47.9. The van der Waals surface area contributed by atoms with Gasteiger partial charge in [-0.2, -0.15) is 18.3 Å². The maximum Gasteiger partial charge on any atom is 0.410 e. The Morgan fingerprint density at radius 1 is 1.04 bits per heavy atom. The van der Waals surface area contributed by atoms with Crippen LogP contribution in [0.5, 0.6) is 0 Å². The van der Waals surface area contributed by atoms with Gasteiger partial charge in [-0.1, -0.05) is 6.07 Å². The van der Waals surface area contributed by atoms with E-state index in [-0.39, 0.29) is 36.9 Å². The maximum atomic E-state index is 14.0. The van der Waals surface area contributed by atoms with Crippen LogP contribution in [0.4, 0.5) is 23.7 Å². The molecular weight excluding hydrogens is 627 g/mol. The number of nitrogens with zero attached hydrogens (tertiary/aromatic N) is 3. The number of fused-ring (bicyclic) bond motifs is 1. The SMILES string of the molecule is CC(C)n1nccc1C(=O)N[C@H](C(=O)Nc1ccc2c(c1)CN(C(=O)OC(C)(C)C)CC2NC[C@](C)(N)C(F)(F)F)C(C1CC1)C1CC1. The predicted molar refractivity (Wildman–Crippen MR) is 174 cm³/mol. The first kappa shape index (κ1) is 35.7. The van der Waals surface area contributed by atoms with Crippen LogP contribution in [-0.4, -0.2) is 69.0 Å². The fraction of sp³-hybridized carbons (Fsp3) is 0.647. The smallest absolute Gasteiger partial charge is 0.410 e. The zero-order valence-corrected chi connectivity index (χ0v) is 28.5. The number of halogens is 3. The molecule has 1 unspecified atom stereocenters. The second-order valence-electron chi connectivity index (χ2n) is 15.1. The number of anilines is 1. The molecule has 2 heterocycles. The highest BCUT2D eigenvalue weighted by Crippen LogP contribution is 2.51. The minimum Gasteiger partial charge on any atom is -0.444 e. The standard InChI is InChI=1S/C34H48F3N7O4/c1-19(2)44-26(13-14-40-44)29(45)42-28(27(20-7-8-20)21-9-10-21)30(46)41-23-11-12-24-22(15-23)16-43(31(47)48-32(3,4)5)17-25(24)39-18-33(6,38)34(35,36)37/h11-15,19-21,25,27-28,39H,7-10,16-18,38H2,1-6H3,(H,41,46)(H,42,45)/t25?,28-,33-/m0/s1. The van der Waals surface area contributed by atoms with Gasteiger partial charge in [-0.3, -0.25) is 14.3 Å². The van der Waals surface area contributed by atoms with Crippen molar-refractivity contribution in [2.45, 2.75) is 109 Å². The summed E-state index contributed by atoms with van der Waals surface area (Å²) in [6.07, 6.45) is 0.346. The van der Waals surface area contributed by atoms with Crippen molar-refractivity contribution in [3.05, 3.63) is 47.3 Å². The summed E-state index contributed by atoms with van der Waals surface area (Å²) in [5.41, 5.74) is 4.46. The van der Waals surface area contributed by atoms with Gasteiger partial charge in [0.2, 0.25) is 5.91 Å². The number of aromatic nitrogens is 2. The van der Waals surface area contributed by atoms with Crippen LogP contribution in [0.1, 0.15) is 101 Å². The van der Waals surface area contributed by atoms with Crippen LogP contribution in [0.25, 0.3) is 0 Å². The van der Waals surface area contributed by atoms with Gasteiger partial charge >= 0.3 is 12.3 Å². The zero-order chi connectivity index (χ0) is 35.2. The summed E-state index contributed by atoms with van der Waals surface area (Å²) in [4.78, 5) is 42.1. The average molecular weight is 676 g/mol. The van der Waals surface area contributed by atoms with E-state index in [0.717, 1.165) is 32.6 Å². The van der Waals surface area contributed by atoms with Crippen molar-refractivity contribution in [3.63, 3.8) is 0 Å². The number of carbonyl (C=O) groups excluding carboxylic acids is 3. The van der Waals surface area contributed by atoms with Crippen LogP contribution in [-0.2, 0) is 16.1 Å². The zero-order valence-electron chi connectivity index (χ0n) is 28.5. The molecule has 0 saturated heterocycles. The minimum atomic E-state index is -4.64. The third kappa shape index (κ3) is 8.31. The summed E-state index contributed by atoms with van der Waals surface area (Å²) in [5, 5.41) is 13.2. The molecule has 48 heavy (non-hydrogen) atoms. The molecule has 5 rings (SSSR count). The molecule has 1 aromatic carbocycles. The number of hydrogen-bond acceptors (Lipinski definition) is 7. The van der Waals surface area contributed by atoms with Gasteiger partial charge < -0.3 is 31.3 Å². The summed E-state index contributed by atoms with van der Waals surface area (Å²) in [6.45, 7) is 9.57. The third-order valence-corrected chi connectivity index (χ3v) is 9.24. The summed E-state index contributed by atoms with van der Waals surface area (Å²) in [5.74, 6) is -0.0121. The van der Waals surface area contributed by atoms with E-state index in [1.54, 1.807) is 55.9 Å². The van der Waals surface area contributed by atoms with E-state index in [1.165, 1.54) is 4.90 Å². The minimum absolute atomic E-state index is 0.00237. The Morgan fingerprint density at radius 2 is 1.69 bits per heavy atom. The quantitative estimate of drug-likeness (QED) is 0.253. The van der Waals surface area contributed by atoms with Crippen LogP contribution < -0.4 is 21.7 Å². The summed E-state index contributed by atoms with van der Waals surface area (Å²) in [6, 6.07) is 5.29. The lowest BCUT2D eigenvalue weighted by atomic mass is 9.88. The van der Waals surface area contributed by atoms with Crippen molar-refractivity contribution in [1.29, 1.82) is 0 Å². The fourth-order valence-electron chi connectivity index (χ4n) is 6.39. The van der Waals surface area contributed by atoms with E-state index in [0.29, 0.717) is 34.3 Å². The number of carbonyl (C=O) groups is 3. The Kier molecular flexibility index (Phi) is 9.91. The first-order valence-corrected chi connectivity index (χ1v) is 16.7. The highest BCUT2D eigenvalue weighted by Gasteiger charge is 2.49. The molecule has 1 aliphatic heterocycles. The summed E-state index contributed by atoms with van der Waals surface area (Å²) >= 11 is 0. The van der Waals surface area contributed by atoms with Crippen molar-refractivity contribution >= 4 is 23.6 Å². The molecule has 3 atom stereocenters. The van der Waals surface area contributed by atoms with Crippen molar-refractivity contribution in [2.24, 2.45) is 23.5 Å². The molecule has 264 valence electrons. The van der Waals surface area contributed by atoms with Crippen molar-refractivity contribution in [3.8, 4) is 0 Å². The molecule has 0 bridgehead atoms. The van der Waals surface area contributed by atoms with Crippen molar-refractivity contribution in [1.82, 2.24) is 25.3 Å². The third-order valence-electron chi connectivity index (χ3n) is 9.24. The number of hydrogen-bond donors (Lipinski definition) is 4. The van der Waals surface area contributed by atoms with Gasteiger partial charge in [-0.05, 0) is 114 Å². The van der Waals surface area contributed by atoms with Gasteiger partial charge in [-0.15, -0.1) is 0 Å². The molecule has 5 N–H and O–H groups in total. The second-order valence-corrected chi connectivity index (χ2v) is 15.1. The number of rotatable bonds is 11. The second kappa shape index (κ2) is 13.3. The molecular formula is C34H48F3N7O4. The normalized spacial score (nSPS) is 20.2. The molecule has 2 saturated carbocycles. The fourth-order valence-corrected chi connectivity index (χ4v) is 6.39. The molecule has 2 aromatic rings.